The first-order chi connectivity index (χ1) is 10.2. The fourth-order valence-electron chi connectivity index (χ4n) is 2.00. The van der Waals surface area contributed by atoms with Gasteiger partial charge < -0.3 is 14.9 Å². The van der Waals surface area contributed by atoms with Crippen molar-refractivity contribution in [1.29, 1.82) is 0 Å². The van der Waals surface area contributed by atoms with E-state index in [2.05, 4.69) is 4.98 Å². The molecule has 1 aromatic heterocycles. The number of anilines is 1. The van der Waals surface area contributed by atoms with Crippen LogP contribution in [0.25, 0.3) is 22.8 Å². The number of ether oxygens (including phenoxy) is 1. The van der Waals surface area contributed by atoms with Gasteiger partial charge in [-0.3, -0.25) is 0 Å². The van der Waals surface area contributed by atoms with Gasteiger partial charge in [0.15, 0.2) is 11.6 Å². The summed E-state index contributed by atoms with van der Waals surface area (Å²) >= 11 is 5.88. The second kappa shape index (κ2) is 5.50. The molecule has 106 valence electrons. The maximum Gasteiger partial charge on any atom is 0.228 e. The van der Waals surface area contributed by atoms with E-state index in [4.69, 9.17) is 26.5 Å². The number of hydrogen-bond acceptors (Lipinski definition) is 4. The minimum absolute atomic E-state index is 0.350. The number of nitrogen functional groups attached to an aromatic ring is 1. The summed E-state index contributed by atoms with van der Waals surface area (Å²) in [7, 11) is 1.62. The van der Waals surface area contributed by atoms with Crippen molar-refractivity contribution in [2.45, 2.75) is 0 Å². The van der Waals surface area contributed by atoms with Crippen molar-refractivity contribution in [2.24, 2.45) is 0 Å². The maximum atomic E-state index is 5.94. The van der Waals surface area contributed by atoms with Crippen LogP contribution in [0, 0.1) is 0 Å². The van der Waals surface area contributed by atoms with Crippen molar-refractivity contribution in [2.75, 3.05) is 12.8 Å². The molecule has 0 atom stereocenters. The standard InChI is InChI=1S/C16H13ClN2O2/c1-20-13-8-4-11(5-9-13)16-19-15(18)14(21-16)10-2-6-12(17)7-3-10/h2-9H,18H2,1H3. The SMILES string of the molecule is COc1ccc(-c2nc(N)c(-c3ccc(Cl)cc3)o2)cc1. The van der Waals surface area contributed by atoms with Crippen molar-refractivity contribution < 1.29 is 9.15 Å². The highest BCUT2D eigenvalue weighted by molar-refractivity contribution is 6.30. The minimum atomic E-state index is 0.350. The van der Waals surface area contributed by atoms with E-state index in [0.717, 1.165) is 16.9 Å². The first-order valence-electron chi connectivity index (χ1n) is 6.34. The normalized spacial score (nSPS) is 10.6. The number of aromatic nitrogens is 1. The number of rotatable bonds is 3. The molecule has 21 heavy (non-hydrogen) atoms. The predicted molar refractivity (Wildman–Crippen MR) is 83.3 cm³/mol. The molecule has 0 spiro atoms. The summed E-state index contributed by atoms with van der Waals surface area (Å²) in [5.74, 6) is 2.14. The van der Waals surface area contributed by atoms with Crippen LogP contribution in [0.1, 0.15) is 0 Å². The monoisotopic (exact) mass is 300 g/mol. The van der Waals surface area contributed by atoms with E-state index in [1.165, 1.54) is 0 Å². The summed E-state index contributed by atoms with van der Waals surface area (Å²) < 4.78 is 10.9. The molecule has 3 rings (SSSR count). The Labute approximate surface area is 127 Å². The average Bonchev–Trinajstić information content (AvgIpc) is 2.90. The van der Waals surface area contributed by atoms with E-state index in [9.17, 15) is 0 Å². The third kappa shape index (κ3) is 2.71. The lowest BCUT2D eigenvalue weighted by Gasteiger charge is -2.00. The molecule has 0 bridgehead atoms. The Balaban J connectivity index is 1.98. The van der Waals surface area contributed by atoms with Crippen molar-refractivity contribution in [3.05, 3.63) is 53.6 Å². The van der Waals surface area contributed by atoms with Gasteiger partial charge in [0.05, 0.1) is 7.11 Å². The topological polar surface area (TPSA) is 61.3 Å². The molecule has 1 heterocycles. The van der Waals surface area contributed by atoms with E-state index in [-0.39, 0.29) is 0 Å². The Bertz CT molecular complexity index is 749. The zero-order chi connectivity index (χ0) is 14.8. The van der Waals surface area contributed by atoms with Gasteiger partial charge in [-0.15, -0.1) is 0 Å². The highest BCUT2D eigenvalue weighted by atomic mass is 35.5. The number of halogens is 1. The van der Waals surface area contributed by atoms with Crippen LogP contribution in [0.2, 0.25) is 5.02 Å². The molecular formula is C16H13ClN2O2. The lowest BCUT2D eigenvalue weighted by molar-refractivity contribution is 0.415. The Hall–Kier alpha value is -2.46. The Morgan fingerprint density at radius 1 is 1.00 bits per heavy atom. The summed E-state index contributed by atoms with van der Waals surface area (Å²) in [5, 5.41) is 0.659. The van der Waals surface area contributed by atoms with Gasteiger partial charge in [0.1, 0.15) is 5.75 Å². The van der Waals surface area contributed by atoms with E-state index >= 15 is 0 Å². The molecule has 0 radical (unpaired) electrons. The van der Waals surface area contributed by atoms with E-state index < -0.39 is 0 Å². The quantitative estimate of drug-likeness (QED) is 0.785. The number of nitrogens with two attached hydrogens (primary N) is 1. The largest absolute Gasteiger partial charge is 0.497 e. The lowest BCUT2D eigenvalue weighted by atomic mass is 10.2. The van der Waals surface area contributed by atoms with E-state index in [0.29, 0.717) is 22.5 Å². The van der Waals surface area contributed by atoms with Crippen LogP contribution in [0.3, 0.4) is 0 Å². The van der Waals surface area contributed by atoms with Crippen LogP contribution >= 0.6 is 11.6 Å². The van der Waals surface area contributed by atoms with Gasteiger partial charge in [-0.2, -0.15) is 4.98 Å². The van der Waals surface area contributed by atoms with Crippen molar-refractivity contribution in [1.82, 2.24) is 4.98 Å². The molecule has 0 fully saturated rings. The summed E-state index contributed by atoms with van der Waals surface area (Å²) in [5.41, 5.74) is 7.62. The molecule has 3 aromatic rings. The average molecular weight is 301 g/mol. The molecule has 0 saturated heterocycles. The zero-order valence-corrected chi connectivity index (χ0v) is 12.1. The Morgan fingerprint density at radius 2 is 1.62 bits per heavy atom. The first kappa shape index (κ1) is 13.5. The third-order valence-electron chi connectivity index (χ3n) is 3.10. The predicted octanol–water partition coefficient (Wildman–Crippen LogP) is 4.25. The summed E-state index contributed by atoms with van der Waals surface area (Å²) in [6, 6.07) is 14.7. The number of methoxy groups -OCH3 is 1. The molecule has 0 aliphatic rings. The van der Waals surface area contributed by atoms with Crippen molar-refractivity contribution >= 4 is 17.4 Å². The van der Waals surface area contributed by atoms with Crippen LogP contribution in [0.4, 0.5) is 5.82 Å². The van der Waals surface area contributed by atoms with Gasteiger partial charge in [-0.1, -0.05) is 11.6 Å². The number of oxazole rings is 1. The van der Waals surface area contributed by atoms with Gasteiger partial charge in [0.2, 0.25) is 5.89 Å². The van der Waals surface area contributed by atoms with E-state index in [1.54, 1.807) is 19.2 Å². The number of benzene rings is 2. The summed E-state index contributed by atoms with van der Waals surface area (Å²) in [6.07, 6.45) is 0. The zero-order valence-electron chi connectivity index (χ0n) is 11.3. The highest BCUT2D eigenvalue weighted by Gasteiger charge is 2.14. The van der Waals surface area contributed by atoms with Crippen LogP contribution < -0.4 is 10.5 Å². The molecule has 0 amide bonds. The molecule has 4 nitrogen and oxygen atoms in total. The molecule has 2 N–H and O–H groups in total. The van der Waals surface area contributed by atoms with Gasteiger partial charge in [0.25, 0.3) is 0 Å². The number of nitrogens with zero attached hydrogens (tertiary/aromatic N) is 1. The summed E-state index contributed by atoms with van der Waals surface area (Å²) in [6.45, 7) is 0. The fourth-order valence-corrected chi connectivity index (χ4v) is 2.12. The minimum Gasteiger partial charge on any atom is -0.497 e. The molecule has 0 saturated carbocycles. The molecule has 2 aromatic carbocycles. The van der Waals surface area contributed by atoms with E-state index in [1.807, 2.05) is 36.4 Å². The van der Waals surface area contributed by atoms with Crippen LogP contribution in [0.5, 0.6) is 5.75 Å². The Morgan fingerprint density at radius 3 is 2.24 bits per heavy atom. The smallest absolute Gasteiger partial charge is 0.228 e. The Kier molecular flexibility index (Phi) is 3.54. The molecular weight excluding hydrogens is 288 g/mol. The van der Waals surface area contributed by atoms with Crippen LogP contribution in [0.15, 0.2) is 52.9 Å². The van der Waals surface area contributed by atoms with Crippen LogP contribution in [-0.2, 0) is 0 Å². The van der Waals surface area contributed by atoms with Crippen molar-refractivity contribution in [3.63, 3.8) is 0 Å². The van der Waals surface area contributed by atoms with Gasteiger partial charge in [-0.05, 0) is 48.5 Å². The molecule has 0 aliphatic carbocycles. The third-order valence-corrected chi connectivity index (χ3v) is 3.35. The number of hydrogen-bond donors (Lipinski definition) is 1. The molecule has 0 unspecified atom stereocenters. The first-order valence-corrected chi connectivity index (χ1v) is 6.72. The van der Waals surface area contributed by atoms with Gasteiger partial charge in [0, 0.05) is 16.1 Å². The van der Waals surface area contributed by atoms with Gasteiger partial charge in [-0.25, -0.2) is 0 Å². The fraction of sp³-hybridized carbons (Fsp3) is 0.0625. The van der Waals surface area contributed by atoms with Crippen LogP contribution in [-0.4, -0.2) is 12.1 Å². The molecule has 5 heteroatoms. The van der Waals surface area contributed by atoms with Gasteiger partial charge >= 0.3 is 0 Å². The summed E-state index contributed by atoms with van der Waals surface area (Å²) in [4.78, 5) is 4.27. The second-order valence-corrected chi connectivity index (χ2v) is 4.91. The molecule has 0 aliphatic heterocycles. The van der Waals surface area contributed by atoms with Crippen molar-refractivity contribution in [3.8, 4) is 28.5 Å². The maximum absolute atomic E-state index is 5.94. The lowest BCUT2D eigenvalue weighted by Crippen LogP contribution is -1.87. The highest BCUT2D eigenvalue weighted by Crippen LogP contribution is 2.32. The second-order valence-electron chi connectivity index (χ2n) is 4.47.